The molecule has 115 heavy (non-hydrogen) atoms. The zero-order valence-electron chi connectivity index (χ0n) is 67.1. The Morgan fingerprint density at radius 3 is 1.37 bits per heavy atom. The molecule has 3 aromatic heterocycles. The molecule has 558 valence electrons. The van der Waals surface area contributed by atoms with Crippen LogP contribution in [0.4, 0.5) is 0 Å². The van der Waals surface area contributed by atoms with E-state index < -0.39 is 0 Å². The lowest BCUT2D eigenvalue weighted by atomic mass is 9.81. The molecule has 3 heteroatoms. The van der Waals surface area contributed by atoms with Gasteiger partial charge in [0, 0.05) is 58.2 Å². The smallest absolute Gasteiger partial charge is 0.138 e. The van der Waals surface area contributed by atoms with Gasteiger partial charge in [0.25, 0.3) is 0 Å². The quantitative estimate of drug-likeness (QED) is 0.168. The summed E-state index contributed by atoms with van der Waals surface area (Å²) < 4.78 is 10.9. The second-order valence-corrected chi connectivity index (χ2v) is 33.0. The van der Waals surface area contributed by atoms with Crippen LogP contribution in [0.3, 0.4) is 0 Å². The van der Waals surface area contributed by atoms with Gasteiger partial charge in [0.2, 0.25) is 0 Å². The minimum atomic E-state index is 0.0709. The molecule has 0 saturated heterocycles. The van der Waals surface area contributed by atoms with Gasteiger partial charge in [-0.2, -0.15) is 0 Å². The average Bonchev–Trinajstić information content (AvgIpc) is 1.58. The predicted octanol–water partition coefficient (Wildman–Crippen LogP) is 31.8. The van der Waals surface area contributed by atoms with Crippen LogP contribution in [0, 0.1) is 41.5 Å². The summed E-state index contributed by atoms with van der Waals surface area (Å²) in [6.07, 6.45) is 0. The predicted molar refractivity (Wildman–Crippen MR) is 496 cm³/mol. The highest BCUT2D eigenvalue weighted by atomic mass is 32.1. The van der Waals surface area contributed by atoms with Crippen LogP contribution in [0.2, 0.25) is 0 Å². The van der Waals surface area contributed by atoms with E-state index in [4.69, 9.17) is 4.42 Å². The van der Waals surface area contributed by atoms with E-state index in [1.807, 2.05) is 29.5 Å². The summed E-state index contributed by atoms with van der Waals surface area (Å²) in [5, 5.41) is 10.4. The topological polar surface area (TPSA) is 18.1 Å². The Labute approximate surface area is 680 Å². The van der Waals surface area contributed by atoms with Crippen LogP contribution in [0.5, 0.6) is 0 Å². The molecule has 0 atom stereocenters. The minimum absolute atomic E-state index is 0.0709. The normalized spacial score (nSPS) is 12.4. The molecule has 3 heterocycles. The average molecular weight is 1500 g/mol. The maximum absolute atomic E-state index is 5.78. The summed E-state index contributed by atoms with van der Waals surface area (Å²) in [4.78, 5) is 0. The first kappa shape index (κ1) is 74.6. The van der Waals surface area contributed by atoms with Crippen LogP contribution in [0.1, 0.15) is 83.3 Å². The number of fused-ring (bicyclic) bond motifs is 16. The van der Waals surface area contributed by atoms with Crippen LogP contribution in [-0.4, -0.2) is 4.57 Å². The number of furan rings is 1. The van der Waals surface area contributed by atoms with Crippen LogP contribution < -0.4 is 0 Å². The summed E-state index contributed by atoms with van der Waals surface area (Å²) in [6, 6.07) is 137. The van der Waals surface area contributed by atoms with Crippen molar-refractivity contribution in [1.82, 2.24) is 4.57 Å². The molecule has 2 aliphatic rings. The van der Waals surface area contributed by atoms with E-state index in [1.54, 1.807) is 0 Å². The number of nitrogens with zero attached hydrogens (tertiary/aromatic N) is 1. The maximum Gasteiger partial charge on any atom is 0.138 e. The third kappa shape index (κ3) is 14.9. The van der Waals surface area contributed by atoms with E-state index in [0.29, 0.717) is 0 Å². The molecule has 22 rings (SSSR count). The third-order valence-corrected chi connectivity index (χ3v) is 24.4. The zero-order chi connectivity index (χ0) is 78.9. The van der Waals surface area contributed by atoms with Crippen molar-refractivity contribution < 1.29 is 4.42 Å². The number of aryl methyl sites for hydroxylation is 6. The van der Waals surface area contributed by atoms with Crippen molar-refractivity contribution in [2.45, 2.75) is 80.1 Å². The summed E-state index contributed by atoms with van der Waals surface area (Å²) in [5.41, 5.74) is 35.2. The van der Waals surface area contributed by atoms with Crippen molar-refractivity contribution in [3.8, 4) is 72.4 Å². The molecular formula is C112H93NOS. The maximum atomic E-state index is 5.78. The fourth-order valence-corrected chi connectivity index (χ4v) is 18.1. The Kier molecular flexibility index (Phi) is 20.6. The summed E-state index contributed by atoms with van der Waals surface area (Å²) in [6.45, 7) is 22.1. The summed E-state index contributed by atoms with van der Waals surface area (Å²) in [7, 11) is 0. The standard InChI is InChI=1S/C25H19N.2C22H20.C17H14.C13H10O.C13H10S/c1-18-11-16-23-22-9-5-6-10-24(22)26(25(23)17-18)21-14-12-20(13-15-21)19-7-3-2-4-8-19;1-15-8-10-16(11-9-15)17-12-13-19-18-6-4-5-7-20(18)22(2,3)21(19)14-17;1-15-9-11-18-19-12-10-17(16-7-5-4-6-8-16)14-21(19)22(2,3)20(18)13-15;1-13-9-11-15(12-10-13)17-8-4-6-14-5-2-3-7-16(14)17;1-9-5-4-7-11-10-6-2-3-8-12(10)14-13(9)11;1-9-6-7-13-11(8-9)10-4-2-3-5-12(10)14-13/h2-17H,1H3;2*4-14H,1-3H3;2-12H,1H3;2*2-8H,1H3. The monoisotopic (exact) mass is 1500 g/mol. The number of hydrogen-bond donors (Lipinski definition) is 0. The first-order valence-corrected chi connectivity index (χ1v) is 40.9. The van der Waals surface area contributed by atoms with Crippen LogP contribution in [-0.2, 0) is 10.8 Å². The molecule has 0 saturated carbocycles. The van der Waals surface area contributed by atoms with Gasteiger partial charge in [0.1, 0.15) is 11.2 Å². The van der Waals surface area contributed by atoms with Crippen molar-refractivity contribution >= 4 is 86.0 Å². The molecule has 0 bridgehead atoms. The van der Waals surface area contributed by atoms with E-state index >= 15 is 0 Å². The fourth-order valence-electron chi connectivity index (χ4n) is 17.0. The molecule has 17 aromatic carbocycles. The number of benzene rings is 17. The van der Waals surface area contributed by atoms with Gasteiger partial charge in [-0.15, -0.1) is 11.3 Å². The highest BCUT2D eigenvalue weighted by Crippen LogP contribution is 2.52. The van der Waals surface area contributed by atoms with Crippen LogP contribution in [0.25, 0.3) is 147 Å². The molecule has 0 unspecified atom stereocenters. The molecule has 0 amide bonds. The third-order valence-electron chi connectivity index (χ3n) is 23.3. The molecule has 0 N–H and O–H groups in total. The number of aromatic nitrogens is 1. The van der Waals surface area contributed by atoms with Crippen molar-refractivity contribution in [3.63, 3.8) is 0 Å². The second-order valence-electron chi connectivity index (χ2n) is 31.9. The second kappa shape index (κ2) is 31.8. The largest absolute Gasteiger partial charge is 0.456 e. The van der Waals surface area contributed by atoms with E-state index in [1.165, 1.54) is 192 Å². The highest BCUT2D eigenvalue weighted by molar-refractivity contribution is 7.25. The molecule has 0 aliphatic heterocycles. The van der Waals surface area contributed by atoms with Gasteiger partial charge in [0.15, 0.2) is 0 Å². The summed E-state index contributed by atoms with van der Waals surface area (Å²) in [5.74, 6) is 0. The molecule has 0 spiro atoms. The van der Waals surface area contributed by atoms with Crippen molar-refractivity contribution in [2.75, 3.05) is 0 Å². The first-order valence-electron chi connectivity index (χ1n) is 40.1. The lowest BCUT2D eigenvalue weighted by molar-refractivity contribution is 0.660. The Balaban J connectivity index is 0.000000101. The first-order chi connectivity index (χ1) is 56.0. The molecular weight excluding hydrogens is 1410 g/mol. The van der Waals surface area contributed by atoms with Gasteiger partial charge in [0.05, 0.1) is 11.0 Å². The van der Waals surface area contributed by atoms with Crippen molar-refractivity contribution in [2.24, 2.45) is 0 Å². The molecule has 0 fully saturated rings. The lowest BCUT2D eigenvalue weighted by Crippen LogP contribution is -2.15. The highest BCUT2D eigenvalue weighted by Gasteiger charge is 2.37. The van der Waals surface area contributed by atoms with E-state index in [0.717, 1.165) is 11.2 Å². The Hall–Kier alpha value is -13.2. The Bertz CT molecular complexity index is 6910. The Morgan fingerprint density at radius 2 is 0.670 bits per heavy atom. The lowest BCUT2D eigenvalue weighted by Gasteiger charge is -2.22. The van der Waals surface area contributed by atoms with Crippen LogP contribution >= 0.6 is 11.3 Å². The number of hydrogen-bond acceptors (Lipinski definition) is 2. The molecule has 0 radical (unpaired) electrons. The molecule has 2 nitrogen and oxygen atoms in total. The van der Waals surface area contributed by atoms with Gasteiger partial charge in [-0.25, -0.2) is 0 Å². The number of para-hydroxylation sites is 3. The van der Waals surface area contributed by atoms with E-state index in [9.17, 15) is 0 Å². The molecule has 2 aliphatic carbocycles. The SMILES string of the molecule is Cc1ccc(-c2ccc3c(c2)C(C)(C)c2ccccc2-3)cc1.Cc1ccc(-c2cccc3ccccc23)cc1.Cc1ccc2c(c1)C(C)(C)c1cc(-c3ccccc3)ccc1-2.Cc1ccc2c3ccccc3n(-c3ccc(-c4ccccc4)cc3)c2c1.Cc1ccc2sc3ccccc3c2c1.Cc1cccc2c1oc1ccccc12. The van der Waals surface area contributed by atoms with Gasteiger partial charge >= 0.3 is 0 Å². The van der Waals surface area contributed by atoms with E-state index in [2.05, 4.69) is 438 Å². The van der Waals surface area contributed by atoms with Crippen molar-refractivity contribution in [1.29, 1.82) is 0 Å². The van der Waals surface area contributed by atoms with Crippen molar-refractivity contribution in [3.05, 3.63) is 438 Å². The van der Waals surface area contributed by atoms with Crippen LogP contribution in [0.15, 0.2) is 387 Å². The van der Waals surface area contributed by atoms with Gasteiger partial charge < -0.3 is 8.98 Å². The zero-order valence-corrected chi connectivity index (χ0v) is 68.0. The Morgan fingerprint density at radius 1 is 0.243 bits per heavy atom. The van der Waals surface area contributed by atoms with Gasteiger partial charge in [-0.3, -0.25) is 0 Å². The van der Waals surface area contributed by atoms with Gasteiger partial charge in [-0.1, -0.05) is 371 Å². The molecule has 20 aromatic rings. The number of thiophene rings is 1. The van der Waals surface area contributed by atoms with E-state index in [-0.39, 0.29) is 10.8 Å². The minimum Gasteiger partial charge on any atom is -0.456 e. The fraction of sp³-hybridized carbons (Fsp3) is 0.107. The number of rotatable bonds is 5. The van der Waals surface area contributed by atoms with Gasteiger partial charge in [-0.05, 0) is 213 Å². The summed E-state index contributed by atoms with van der Waals surface area (Å²) >= 11 is 1.87.